The molecule has 2 aromatic rings. The second kappa shape index (κ2) is 15.2. The zero-order valence-electron chi connectivity index (χ0n) is 23.9. The highest BCUT2D eigenvalue weighted by atomic mass is 19.4. The molecule has 0 radical (unpaired) electrons. The van der Waals surface area contributed by atoms with E-state index in [2.05, 4.69) is 36.0 Å². The van der Waals surface area contributed by atoms with Gasteiger partial charge in [-0.25, -0.2) is 0 Å². The second-order valence-electron chi connectivity index (χ2n) is 11.0. The molecular formula is C30H43F3N4O3. The van der Waals surface area contributed by atoms with E-state index in [-0.39, 0.29) is 17.8 Å². The van der Waals surface area contributed by atoms with Crippen molar-refractivity contribution in [1.82, 2.24) is 9.88 Å². The van der Waals surface area contributed by atoms with Gasteiger partial charge < -0.3 is 15.0 Å². The van der Waals surface area contributed by atoms with Crippen LogP contribution >= 0.6 is 0 Å². The van der Waals surface area contributed by atoms with Crippen LogP contribution in [0, 0.1) is 16.0 Å². The SMILES string of the molecule is CCCN(CCC)CCC(C)CCc1cc(OC2CCC(Nc3ccc([N+](=O)[O-])c(C(F)(F)F)c3)CC2)ccn1. The number of aromatic nitrogens is 1. The van der Waals surface area contributed by atoms with Crippen LogP contribution < -0.4 is 10.1 Å². The number of hydrogen-bond acceptors (Lipinski definition) is 6. The van der Waals surface area contributed by atoms with Crippen LogP contribution in [-0.4, -0.2) is 46.6 Å². The number of benzene rings is 1. The first-order valence-electron chi connectivity index (χ1n) is 14.5. The number of nitro groups is 1. The fourth-order valence-corrected chi connectivity index (χ4v) is 5.34. The Bertz CT molecular complexity index is 1070. The number of nitrogens with one attached hydrogen (secondary N) is 1. The number of nitrogens with zero attached hydrogens (tertiary/aromatic N) is 3. The summed E-state index contributed by atoms with van der Waals surface area (Å²) in [6, 6.07) is 6.94. The van der Waals surface area contributed by atoms with Crippen LogP contribution in [0.3, 0.4) is 0 Å². The van der Waals surface area contributed by atoms with Crippen LogP contribution in [0.1, 0.15) is 83.4 Å². The predicted molar refractivity (Wildman–Crippen MR) is 152 cm³/mol. The summed E-state index contributed by atoms with van der Waals surface area (Å²) in [5.74, 6) is 1.42. The van der Waals surface area contributed by atoms with E-state index >= 15 is 0 Å². The Hall–Kier alpha value is -2.88. The van der Waals surface area contributed by atoms with Gasteiger partial charge in [-0.3, -0.25) is 15.1 Å². The van der Waals surface area contributed by atoms with Gasteiger partial charge >= 0.3 is 6.18 Å². The highest BCUT2D eigenvalue weighted by Crippen LogP contribution is 2.38. The Labute approximate surface area is 235 Å². The van der Waals surface area contributed by atoms with Crippen molar-refractivity contribution in [3.63, 3.8) is 0 Å². The Morgan fingerprint density at radius 1 is 1.07 bits per heavy atom. The van der Waals surface area contributed by atoms with Crippen LogP contribution in [0.5, 0.6) is 5.75 Å². The third-order valence-electron chi connectivity index (χ3n) is 7.55. The maximum absolute atomic E-state index is 13.3. The molecule has 1 N–H and O–H groups in total. The Kier molecular flexibility index (Phi) is 12.0. The van der Waals surface area contributed by atoms with Gasteiger partial charge in [-0.2, -0.15) is 13.2 Å². The van der Waals surface area contributed by atoms with E-state index in [1.54, 1.807) is 6.20 Å². The van der Waals surface area contributed by atoms with E-state index in [0.29, 0.717) is 5.92 Å². The van der Waals surface area contributed by atoms with E-state index in [1.165, 1.54) is 25.3 Å². The van der Waals surface area contributed by atoms with Crippen molar-refractivity contribution in [2.75, 3.05) is 25.0 Å². The number of aryl methyl sites for hydroxylation is 1. The van der Waals surface area contributed by atoms with Gasteiger partial charge in [0.25, 0.3) is 5.69 Å². The lowest BCUT2D eigenvalue weighted by Crippen LogP contribution is -2.31. The normalized spacial score (nSPS) is 18.5. The standard InChI is InChI=1S/C30H43F3N4O3/c1-4-17-36(18-5-2)19-15-22(3)6-7-24-20-27(14-16-34-24)40-26-11-8-23(9-12-26)35-25-10-13-29(37(38)39)28(21-25)30(31,32)33/h10,13-14,16,20-23,26,35H,4-9,11-12,15,17-19H2,1-3H3. The fraction of sp³-hybridized carbons (Fsp3) is 0.633. The summed E-state index contributed by atoms with van der Waals surface area (Å²) < 4.78 is 46.1. The lowest BCUT2D eigenvalue weighted by Gasteiger charge is -2.30. The van der Waals surface area contributed by atoms with Gasteiger partial charge in [0.1, 0.15) is 11.3 Å². The monoisotopic (exact) mass is 564 g/mol. The van der Waals surface area contributed by atoms with Gasteiger partial charge in [0.2, 0.25) is 0 Å². The molecule has 0 saturated heterocycles. The van der Waals surface area contributed by atoms with Crippen LogP contribution in [0.2, 0.25) is 0 Å². The fourth-order valence-electron chi connectivity index (χ4n) is 5.34. The van der Waals surface area contributed by atoms with E-state index in [0.717, 1.165) is 81.7 Å². The quantitative estimate of drug-likeness (QED) is 0.175. The summed E-state index contributed by atoms with van der Waals surface area (Å²) in [5, 5.41) is 14.1. The van der Waals surface area contributed by atoms with Gasteiger partial charge in [0, 0.05) is 35.8 Å². The summed E-state index contributed by atoms with van der Waals surface area (Å²) in [7, 11) is 0. The van der Waals surface area contributed by atoms with Crippen molar-refractivity contribution in [2.45, 2.75) is 96.9 Å². The topological polar surface area (TPSA) is 80.5 Å². The minimum atomic E-state index is -4.79. The van der Waals surface area contributed by atoms with Gasteiger partial charge in [0.15, 0.2) is 0 Å². The minimum Gasteiger partial charge on any atom is -0.490 e. The Morgan fingerprint density at radius 2 is 1.77 bits per heavy atom. The lowest BCUT2D eigenvalue weighted by atomic mass is 9.92. The predicted octanol–water partition coefficient (Wildman–Crippen LogP) is 7.89. The van der Waals surface area contributed by atoms with Crippen molar-refractivity contribution >= 4 is 11.4 Å². The summed E-state index contributed by atoms with van der Waals surface area (Å²) >= 11 is 0. The second-order valence-corrected chi connectivity index (χ2v) is 11.0. The van der Waals surface area contributed by atoms with Crippen LogP contribution in [-0.2, 0) is 12.6 Å². The number of pyridine rings is 1. The molecule has 0 bridgehead atoms. The zero-order chi connectivity index (χ0) is 29.1. The average molecular weight is 565 g/mol. The van der Waals surface area contributed by atoms with E-state index in [9.17, 15) is 23.3 Å². The molecular weight excluding hydrogens is 521 g/mol. The summed E-state index contributed by atoms with van der Waals surface area (Å²) in [5.41, 5.74) is -0.916. The maximum Gasteiger partial charge on any atom is 0.423 e. The van der Waals surface area contributed by atoms with Crippen LogP contribution in [0.25, 0.3) is 0 Å². The molecule has 3 rings (SSSR count). The first-order chi connectivity index (χ1) is 19.1. The summed E-state index contributed by atoms with van der Waals surface area (Å²) in [6.07, 6.45) is 5.55. The van der Waals surface area contributed by atoms with Crippen molar-refractivity contribution in [3.8, 4) is 5.75 Å². The van der Waals surface area contributed by atoms with E-state index in [4.69, 9.17) is 4.74 Å². The molecule has 7 nitrogen and oxygen atoms in total. The number of rotatable bonds is 15. The first kappa shape index (κ1) is 31.6. The van der Waals surface area contributed by atoms with Crippen molar-refractivity contribution < 1.29 is 22.8 Å². The molecule has 1 aromatic heterocycles. The number of hydrogen-bond donors (Lipinski definition) is 1. The molecule has 1 fully saturated rings. The third kappa shape index (κ3) is 9.94. The zero-order valence-corrected chi connectivity index (χ0v) is 23.9. The molecule has 1 aromatic carbocycles. The van der Waals surface area contributed by atoms with Crippen molar-refractivity contribution in [1.29, 1.82) is 0 Å². The maximum atomic E-state index is 13.3. The Balaban J connectivity index is 1.45. The highest BCUT2D eigenvalue weighted by molar-refractivity contribution is 5.55. The molecule has 0 amide bonds. The smallest absolute Gasteiger partial charge is 0.423 e. The number of ether oxygens (including phenoxy) is 1. The number of nitro benzene ring substituents is 1. The third-order valence-corrected chi connectivity index (χ3v) is 7.55. The van der Waals surface area contributed by atoms with Gasteiger partial charge in [-0.1, -0.05) is 20.8 Å². The molecule has 1 saturated carbocycles. The molecule has 0 aliphatic heterocycles. The van der Waals surface area contributed by atoms with Crippen molar-refractivity contribution in [3.05, 3.63) is 57.9 Å². The molecule has 222 valence electrons. The lowest BCUT2D eigenvalue weighted by molar-refractivity contribution is -0.388. The summed E-state index contributed by atoms with van der Waals surface area (Å²) in [4.78, 5) is 17.1. The largest absolute Gasteiger partial charge is 0.490 e. The van der Waals surface area contributed by atoms with E-state index in [1.807, 2.05) is 12.1 Å². The minimum absolute atomic E-state index is 0.0255. The van der Waals surface area contributed by atoms with Crippen LogP contribution in [0.4, 0.5) is 24.5 Å². The van der Waals surface area contributed by atoms with Gasteiger partial charge in [0.05, 0.1) is 11.0 Å². The molecule has 10 heteroatoms. The summed E-state index contributed by atoms with van der Waals surface area (Å²) in [6.45, 7) is 10.2. The molecule has 1 unspecified atom stereocenters. The molecule has 1 heterocycles. The molecule has 40 heavy (non-hydrogen) atoms. The number of halogens is 3. The Morgan fingerprint density at radius 3 is 2.40 bits per heavy atom. The van der Waals surface area contributed by atoms with E-state index < -0.39 is 22.4 Å². The molecule has 1 aliphatic carbocycles. The van der Waals surface area contributed by atoms with Gasteiger partial charge in [-0.15, -0.1) is 0 Å². The molecule has 1 aliphatic rings. The molecule has 0 spiro atoms. The number of alkyl halides is 3. The first-order valence-corrected chi connectivity index (χ1v) is 14.5. The number of anilines is 1. The average Bonchev–Trinajstić information content (AvgIpc) is 2.91. The van der Waals surface area contributed by atoms with Crippen LogP contribution in [0.15, 0.2) is 36.5 Å². The van der Waals surface area contributed by atoms with Gasteiger partial charge in [-0.05, 0) is 102 Å². The van der Waals surface area contributed by atoms with Crippen molar-refractivity contribution in [2.24, 2.45) is 5.92 Å². The molecule has 1 atom stereocenters. The highest BCUT2D eigenvalue weighted by Gasteiger charge is 2.38.